The third kappa shape index (κ3) is 1.50. The Kier molecular flexibility index (Phi) is 2.54. The van der Waals surface area contributed by atoms with Gasteiger partial charge in [0.05, 0.1) is 0 Å². The van der Waals surface area contributed by atoms with Crippen LogP contribution >= 0.6 is 0 Å². The molecule has 0 aliphatic carbocycles. The largest absolute Gasteiger partial charge is 0.399 e. The number of rotatable bonds is 2. The van der Waals surface area contributed by atoms with Gasteiger partial charge in [-0.2, -0.15) is 0 Å². The van der Waals surface area contributed by atoms with Crippen LogP contribution in [0.2, 0.25) is 0 Å². The molecule has 0 fully saturated rings. The molecular formula is C11H15N. The number of hydrogen-bond donors (Lipinski definition) is 1. The summed E-state index contributed by atoms with van der Waals surface area (Å²) in [4.78, 5) is 0. The van der Waals surface area contributed by atoms with Crippen LogP contribution in [0.1, 0.15) is 23.6 Å². The average molecular weight is 161 g/mol. The number of benzene rings is 1. The first-order valence-corrected chi connectivity index (χ1v) is 4.20. The zero-order valence-electron chi connectivity index (χ0n) is 7.72. The topological polar surface area (TPSA) is 26.0 Å². The number of aryl methyl sites for hydroxylation is 1. The van der Waals surface area contributed by atoms with Gasteiger partial charge in [-0.05, 0) is 30.0 Å². The van der Waals surface area contributed by atoms with E-state index < -0.39 is 0 Å². The van der Waals surface area contributed by atoms with Crippen LogP contribution in [-0.2, 0) is 6.42 Å². The Hall–Kier alpha value is -1.24. The van der Waals surface area contributed by atoms with Gasteiger partial charge in [0.1, 0.15) is 0 Å². The highest BCUT2D eigenvalue weighted by Gasteiger charge is 2.02. The molecule has 0 aliphatic rings. The molecule has 12 heavy (non-hydrogen) atoms. The van der Waals surface area contributed by atoms with Crippen LogP contribution < -0.4 is 5.73 Å². The molecule has 1 nitrogen and oxygen atoms in total. The SMILES string of the molecule is C=C(N)c1cccc(CC)c1C. The monoisotopic (exact) mass is 161 g/mol. The van der Waals surface area contributed by atoms with Crippen molar-refractivity contribution in [3.63, 3.8) is 0 Å². The van der Waals surface area contributed by atoms with Crippen molar-refractivity contribution in [3.05, 3.63) is 41.5 Å². The standard InChI is InChI=1S/C11H15N/c1-4-10-6-5-7-11(8(10)2)9(3)12/h5-7H,3-4,12H2,1-2H3. The molecule has 1 aromatic carbocycles. The first-order valence-electron chi connectivity index (χ1n) is 4.20. The summed E-state index contributed by atoms with van der Waals surface area (Å²) in [6, 6.07) is 6.16. The summed E-state index contributed by atoms with van der Waals surface area (Å²) in [7, 11) is 0. The Morgan fingerprint density at radius 1 is 1.50 bits per heavy atom. The van der Waals surface area contributed by atoms with Crippen molar-refractivity contribution in [1.82, 2.24) is 0 Å². The van der Waals surface area contributed by atoms with E-state index in [4.69, 9.17) is 5.73 Å². The minimum absolute atomic E-state index is 0.655. The highest BCUT2D eigenvalue weighted by Crippen LogP contribution is 2.17. The van der Waals surface area contributed by atoms with E-state index in [1.807, 2.05) is 12.1 Å². The van der Waals surface area contributed by atoms with Crippen molar-refractivity contribution in [3.8, 4) is 0 Å². The van der Waals surface area contributed by atoms with Crippen LogP contribution in [-0.4, -0.2) is 0 Å². The summed E-state index contributed by atoms with van der Waals surface area (Å²) < 4.78 is 0. The summed E-state index contributed by atoms with van der Waals surface area (Å²) in [6.45, 7) is 7.97. The van der Waals surface area contributed by atoms with E-state index in [-0.39, 0.29) is 0 Å². The molecule has 0 saturated carbocycles. The lowest BCUT2D eigenvalue weighted by atomic mass is 9.99. The van der Waals surface area contributed by atoms with Gasteiger partial charge >= 0.3 is 0 Å². The summed E-state index contributed by atoms with van der Waals surface area (Å²) in [5.41, 5.74) is 9.98. The summed E-state index contributed by atoms with van der Waals surface area (Å²) >= 11 is 0. The molecule has 1 aromatic rings. The van der Waals surface area contributed by atoms with Crippen LogP contribution in [0.5, 0.6) is 0 Å². The summed E-state index contributed by atoms with van der Waals surface area (Å²) in [5.74, 6) is 0. The normalized spacial score (nSPS) is 9.83. The van der Waals surface area contributed by atoms with Gasteiger partial charge in [-0.25, -0.2) is 0 Å². The van der Waals surface area contributed by atoms with E-state index in [0.29, 0.717) is 5.70 Å². The first kappa shape index (κ1) is 8.85. The first-order chi connectivity index (χ1) is 5.66. The quantitative estimate of drug-likeness (QED) is 0.708. The minimum atomic E-state index is 0.655. The summed E-state index contributed by atoms with van der Waals surface area (Å²) in [5, 5.41) is 0. The third-order valence-corrected chi connectivity index (χ3v) is 2.17. The fraction of sp³-hybridized carbons (Fsp3) is 0.273. The molecule has 0 aliphatic heterocycles. The van der Waals surface area contributed by atoms with E-state index in [2.05, 4.69) is 26.5 Å². The van der Waals surface area contributed by atoms with E-state index >= 15 is 0 Å². The maximum Gasteiger partial charge on any atom is 0.0317 e. The fourth-order valence-corrected chi connectivity index (χ4v) is 1.41. The van der Waals surface area contributed by atoms with Crippen LogP contribution in [0.4, 0.5) is 0 Å². The van der Waals surface area contributed by atoms with Gasteiger partial charge in [0.25, 0.3) is 0 Å². The third-order valence-electron chi connectivity index (χ3n) is 2.17. The number of nitrogens with two attached hydrogens (primary N) is 1. The molecule has 1 rings (SSSR count). The zero-order chi connectivity index (χ0) is 9.14. The molecule has 0 spiro atoms. The Morgan fingerprint density at radius 3 is 2.67 bits per heavy atom. The smallest absolute Gasteiger partial charge is 0.0317 e. The van der Waals surface area contributed by atoms with Gasteiger partial charge in [0.2, 0.25) is 0 Å². The lowest BCUT2D eigenvalue weighted by molar-refractivity contribution is 1.10. The van der Waals surface area contributed by atoms with Gasteiger partial charge in [-0.3, -0.25) is 0 Å². The van der Waals surface area contributed by atoms with Crippen LogP contribution in [0.25, 0.3) is 5.70 Å². The molecule has 0 radical (unpaired) electrons. The van der Waals surface area contributed by atoms with Crippen molar-refractivity contribution in [2.45, 2.75) is 20.3 Å². The maximum atomic E-state index is 5.64. The van der Waals surface area contributed by atoms with Crippen LogP contribution in [0.15, 0.2) is 24.8 Å². The van der Waals surface area contributed by atoms with E-state index in [1.165, 1.54) is 11.1 Å². The van der Waals surface area contributed by atoms with Crippen molar-refractivity contribution >= 4 is 5.70 Å². The number of hydrogen-bond acceptors (Lipinski definition) is 1. The van der Waals surface area contributed by atoms with Crippen molar-refractivity contribution in [1.29, 1.82) is 0 Å². The molecule has 0 atom stereocenters. The van der Waals surface area contributed by atoms with Crippen molar-refractivity contribution < 1.29 is 0 Å². The van der Waals surface area contributed by atoms with Gasteiger partial charge in [-0.1, -0.05) is 31.7 Å². The maximum absolute atomic E-state index is 5.64. The zero-order valence-corrected chi connectivity index (χ0v) is 7.72. The lowest BCUT2D eigenvalue weighted by Crippen LogP contribution is -1.99. The Morgan fingerprint density at radius 2 is 2.17 bits per heavy atom. The van der Waals surface area contributed by atoms with E-state index in [9.17, 15) is 0 Å². The Bertz CT molecular complexity index is 300. The summed E-state index contributed by atoms with van der Waals surface area (Å²) in [6.07, 6.45) is 1.05. The highest BCUT2D eigenvalue weighted by molar-refractivity contribution is 5.64. The molecule has 2 N–H and O–H groups in total. The second-order valence-corrected chi connectivity index (χ2v) is 2.97. The van der Waals surface area contributed by atoms with E-state index in [0.717, 1.165) is 12.0 Å². The second-order valence-electron chi connectivity index (χ2n) is 2.97. The lowest BCUT2D eigenvalue weighted by Gasteiger charge is -2.08. The average Bonchev–Trinajstić information content (AvgIpc) is 2.04. The predicted octanol–water partition coefficient (Wildman–Crippen LogP) is 2.49. The minimum Gasteiger partial charge on any atom is -0.399 e. The highest BCUT2D eigenvalue weighted by atomic mass is 14.6. The Balaban J connectivity index is 3.23. The molecule has 0 aromatic heterocycles. The van der Waals surface area contributed by atoms with Gasteiger partial charge in [-0.15, -0.1) is 0 Å². The van der Waals surface area contributed by atoms with Gasteiger partial charge in [0, 0.05) is 5.70 Å². The van der Waals surface area contributed by atoms with Crippen LogP contribution in [0, 0.1) is 6.92 Å². The second kappa shape index (κ2) is 3.44. The molecular weight excluding hydrogens is 146 g/mol. The predicted molar refractivity (Wildman–Crippen MR) is 53.8 cm³/mol. The van der Waals surface area contributed by atoms with Crippen molar-refractivity contribution in [2.75, 3.05) is 0 Å². The van der Waals surface area contributed by atoms with Crippen molar-refractivity contribution in [2.24, 2.45) is 5.73 Å². The van der Waals surface area contributed by atoms with E-state index in [1.54, 1.807) is 0 Å². The fourth-order valence-electron chi connectivity index (χ4n) is 1.41. The molecule has 64 valence electrons. The molecule has 0 amide bonds. The molecule has 0 heterocycles. The molecule has 1 heteroatoms. The molecule has 0 bridgehead atoms. The Labute approximate surface area is 73.9 Å². The van der Waals surface area contributed by atoms with Crippen LogP contribution in [0.3, 0.4) is 0 Å². The van der Waals surface area contributed by atoms with Gasteiger partial charge in [0.15, 0.2) is 0 Å². The molecule has 0 saturated heterocycles. The van der Waals surface area contributed by atoms with Gasteiger partial charge < -0.3 is 5.73 Å². The molecule has 0 unspecified atom stereocenters.